The largest absolute Gasteiger partial charge is 0.497 e. The highest BCUT2D eigenvalue weighted by Gasteiger charge is 2.33. The van der Waals surface area contributed by atoms with Gasteiger partial charge in [0.1, 0.15) is 5.75 Å². The van der Waals surface area contributed by atoms with Crippen LogP contribution >= 0.6 is 12.2 Å². The van der Waals surface area contributed by atoms with Crippen LogP contribution in [-0.4, -0.2) is 58.9 Å². The molecule has 1 aliphatic heterocycles. The van der Waals surface area contributed by atoms with E-state index in [1.165, 1.54) is 0 Å². The van der Waals surface area contributed by atoms with E-state index in [1.807, 2.05) is 28.8 Å². The lowest BCUT2D eigenvalue weighted by Gasteiger charge is -2.29. The first-order chi connectivity index (χ1) is 14.2. The summed E-state index contributed by atoms with van der Waals surface area (Å²) in [6, 6.07) is 7.69. The molecule has 164 valence electrons. The van der Waals surface area contributed by atoms with E-state index >= 15 is 0 Å². The van der Waals surface area contributed by atoms with Crippen LogP contribution in [-0.2, 0) is 23.1 Å². The van der Waals surface area contributed by atoms with Crippen molar-refractivity contribution in [3.05, 3.63) is 41.7 Å². The van der Waals surface area contributed by atoms with Crippen LogP contribution in [0.2, 0.25) is 0 Å². The number of aromatic nitrogens is 3. The van der Waals surface area contributed by atoms with Gasteiger partial charge in [-0.1, -0.05) is 19.9 Å². The molecule has 7 nitrogen and oxygen atoms in total. The third kappa shape index (κ3) is 5.19. The molecule has 0 bridgehead atoms. The van der Waals surface area contributed by atoms with Gasteiger partial charge in [0.15, 0.2) is 20.4 Å². The second-order valence-corrected chi connectivity index (χ2v) is 10.7. The first kappa shape index (κ1) is 22.7. The third-order valence-electron chi connectivity index (χ3n) is 5.22. The van der Waals surface area contributed by atoms with Gasteiger partial charge in [0, 0.05) is 24.7 Å². The van der Waals surface area contributed by atoms with Crippen molar-refractivity contribution in [2.45, 2.75) is 39.5 Å². The van der Waals surface area contributed by atoms with Crippen molar-refractivity contribution >= 4 is 22.1 Å². The van der Waals surface area contributed by atoms with Gasteiger partial charge in [0.2, 0.25) is 0 Å². The van der Waals surface area contributed by atoms with Crippen LogP contribution in [0.15, 0.2) is 36.9 Å². The maximum Gasteiger partial charge on any atom is 0.199 e. The summed E-state index contributed by atoms with van der Waals surface area (Å²) in [7, 11) is -1.33. The van der Waals surface area contributed by atoms with Gasteiger partial charge in [-0.2, -0.15) is 5.10 Å². The Morgan fingerprint density at radius 2 is 2.07 bits per heavy atom. The predicted molar refractivity (Wildman–Crippen MR) is 122 cm³/mol. The zero-order valence-electron chi connectivity index (χ0n) is 17.8. The maximum absolute atomic E-state index is 12.0. The van der Waals surface area contributed by atoms with Gasteiger partial charge in [-0.25, -0.2) is 13.1 Å². The monoisotopic (exact) mass is 450 g/mol. The molecule has 1 saturated heterocycles. The van der Waals surface area contributed by atoms with E-state index < -0.39 is 9.84 Å². The SMILES string of the molecule is C=CCn1c(-c2ccc(OC)cc2)nn(CN(CC(C)C)C2CCS(=O)(=O)C2)c1=S. The molecule has 0 N–H and O–H groups in total. The van der Waals surface area contributed by atoms with Gasteiger partial charge in [0.05, 0.1) is 25.3 Å². The molecule has 30 heavy (non-hydrogen) atoms. The topological polar surface area (TPSA) is 69.4 Å². The smallest absolute Gasteiger partial charge is 0.199 e. The highest BCUT2D eigenvalue weighted by Crippen LogP contribution is 2.24. The number of methoxy groups -OCH3 is 1. The van der Waals surface area contributed by atoms with Crippen LogP contribution < -0.4 is 4.74 Å². The molecule has 2 heterocycles. The Kier molecular flexibility index (Phi) is 7.15. The highest BCUT2D eigenvalue weighted by molar-refractivity contribution is 7.91. The van der Waals surface area contributed by atoms with Gasteiger partial charge < -0.3 is 4.74 Å². The lowest BCUT2D eigenvalue weighted by molar-refractivity contribution is 0.137. The number of allylic oxidation sites excluding steroid dienone is 1. The van der Waals surface area contributed by atoms with E-state index in [4.69, 9.17) is 22.1 Å². The zero-order chi connectivity index (χ0) is 21.9. The Morgan fingerprint density at radius 3 is 2.60 bits per heavy atom. The molecule has 1 unspecified atom stereocenters. The molecule has 1 fully saturated rings. The van der Waals surface area contributed by atoms with Crippen LogP contribution in [0.4, 0.5) is 0 Å². The first-order valence-electron chi connectivity index (χ1n) is 10.1. The predicted octanol–water partition coefficient (Wildman–Crippen LogP) is 3.38. The van der Waals surface area contributed by atoms with Crippen LogP contribution in [0.25, 0.3) is 11.4 Å². The van der Waals surface area contributed by atoms with Crippen molar-refractivity contribution in [1.29, 1.82) is 0 Å². The molecule has 1 atom stereocenters. The van der Waals surface area contributed by atoms with Gasteiger partial charge in [-0.15, -0.1) is 6.58 Å². The van der Waals surface area contributed by atoms with Gasteiger partial charge in [-0.05, 0) is 48.8 Å². The van der Waals surface area contributed by atoms with E-state index in [-0.39, 0.29) is 17.5 Å². The van der Waals surface area contributed by atoms with Crippen LogP contribution in [0.5, 0.6) is 5.75 Å². The molecular formula is C21H30N4O3S2. The molecule has 0 spiro atoms. The molecule has 1 aromatic carbocycles. The van der Waals surface area contributed by atoms with E-state index in [0.29, 0.717) is 30.3 Å². The average Bonchev–Trinajstić information content (AvgIpc) is 3.21. The molecule has 0 radical (unpaired) electrons. The third-order valence-corrected chi connectivity index (χ3v) is 7.40. The zero-order valence-corrected chi connectivity index (χ0v) is 19.5. The lowest BCUT2D eigenvalue weighted by Crippen LogP contribution is -2.40. The lowest BCUT2D eigenvalue weighted by atomic mass is 10.1. The summed E-state index contributed by atoms with van der Waals surface area (Å²) in [5, 5.41) is 4.80. The molecule has 1 aliphatic rings. The number of hydrogen-bond donors (Lipinski definition) is 0. The standard InChI is InChI=1S/C21H30N4O3S2/c1-5-11-24-20(17-6-8-19(28-4)9-7-17)22-25(21(24)29)15-23(13-16(2)3)18-10-12-30(26,27)14-18/h5-9,16,18H,1,10-15H2,2-4H3. The summed E-state index contributed by atoms with van der Waals surface area (Å²) in [4.78, 5) is 2.20. The van der Waals surface area contributed by atoms with Crippen molar-refractivity contribution in [3.63, 3.8) is 0 Å². The average molecular weight is 451 g/mol. The number of rotatable bonds is 9. The van der Waals surface area contributed by atoms with Gasteiger partial charge in [-0.3, -0.25) is 9.47 Å². The Balaban J connectivity index is 1.95. The number of hydrogen-bond acceptors (Lipinski definition) is 6. The Morgan fingerprint density at radius 1 is 1.37 bits per heavy atom. The van der Waals surface area contributed by atoms with Crippen molar-refractivity contribution in [2.75, 3.05) is 25.2 Å². The Labute approximate surface area is 183 Å². The fourth-order valence-corrected chi connectivity index (χ4v) is 5.83. The minimum Gasteiger partial charge on any atom is -0.497 e. The summed E-state index contributed by atoms with van der Waals surface area (Å²) in [5.74, 6) is 2.38. The number of benzene rings is 1. The number of sulfone groups is 1. The van der Waals surface area contributed by atoms with Crippen molar-refractivity contribution in [3.8, 4) is 17.1 Å². The number of ether oxygens (including phenoxy) is 1. The maximum atomic E-state index is 12.0. The molecule has 2 aromatic rings. The molecule has 1 aromatic heterocycles. The second kappa shape index (κ2) is 9.45. The van der Waals surface area contributed by atoms with Crippen molar-refractivity contribution < 1.29 is 13.2 Å². The summed E-state index contributed by atoms with van der Waals surface area (Å²) in [5.41, 5.74) is 0.932. The molecule has 9 heteroatoms. The Bertz CT molecular complexity index is 1040. The minimum absolute atomic E-state index is 0.00621. The van der Waals surface area contributed by atoms with Crippen LogP contribution in [0, 0.1) is 10.7 Å². The first-order valence-corrected chi connectivity index (χ1v) is 12.3. The molecule has 3 rings (SSSR count). The fraction of sp³-hybridized carbons (Fsp3) is 0.524. The fourth-order valence-electron chi connectivity index (χ4n) is 3.81. The molecular weight excluding hydrogens is 420 g/mol. The Hall–Kier alpha value is -1.97. The van der Waals surface area contributed by atoms with Crippen molar-refractivity contribution in [2.24, 2.45) is 5.92 Å². The quantitative estimate of drug-likeness (QED) is 0.431. The molecule has 0 saturated carbocycles. The minimum atomic E-state index is -2.97. The van der Waals surface area contributed by atoms with Gasteiger partial charge >= 0.3 is 0 Å². The molecule has 0 amide bonds. The normalized spacial score (nSPS) is 18.2. The van der Waals surface area contributed by atoms with E-state index in [2.05, 4.69) is 25.3 Å². The van der Waals surface area contributed by atoms with Gasteiger partial charge in [0.25, 0.3) is 0 Å². The summed E-state index contributed by atoms with van der Waals surface area (Å²) >= 11 is 5.72. The van der Waals surface area contributed by atoms with Crippen LogP contribution in [0.3, 0.4) is 0 Å². The summed E-state index contributed by atoms with van der Waals surface area (Å²) in [6.07, 6.45) is 2.45. The van der Waals surface area contributed by atoms with Crippen LogP contribution in [0.1, 0.15) is 20.3 Å². The van der Waals surface area contributed by atoms with E-state index in [0.717, 1.165) is 23.7 Å². The summed E-state index contributed by atoms with van der Waals surface area (Å²) in [6.45, 7) is 9.91. The highest BCUT2D eigenvalue weighted by atomic mass is 32.2. The van der Waals surface area contributed by atoms with E-state index in [9.17, 15) is 8.42 Å². The molecule has 0 aliphatic carbocycles. The second-order valence-electron chi connectivity index (χ2n) is 8.10. The van der Waals surface area contributed by atoms with Crippen molar-refractivity contribution in [1.82, 2.24) is 19.2 Å². The summed E-state index contributed by atoms with van der Waals surface area (Å²) < 4.78 is 33.7. The van der Waals surface area contributed by atoms with E-state index in [1.54, 1.807) is 17.9 Å². The number of nitrogens with zero attached hydrogens (tertiary/aromatic N) is 4.